The number of anilines is 1. The molecule has 0 fully saturated rings. The fourth-order valence-corrected chi connectivity index (χ4v) is 2.07. The zero-order chi connectivity index (χ0) is 13.4. The van der Waals surface area contributed by atoms with E-state index >= 15 is 0 Å². The topological polar surface area (TPSA) is 75.6 Å². The van der Waals surface area contributed by atoms with Gasteiger partial charge in [0.25, 0.3) is 5.91 Å². The van der Waals surface area contributed by atoms with Crippen molar-refractivity contribution in [3.63, 3.8) is 0 Å². The molecule has 0 unspecified atom stereocenters. The first-order valence-electron chi connectivity index (χ1n) is 5.90. The van der Waals surface area contributed by atoms with Crippen molar-refractivity contribution in [1.29, 1.82) is 0 Å². The summed E-state index contributed by atoms with van der Waals surface area (Å²) in [5.41, 5.74) is 1.54. The zero-order valence-electron chi connectivity index (χ0n) is 10.6. The summed E-state index contributed by atoms with van der Waals surface area (Å²) < 4.78 is 1.55. The number of carbonyl (C=O) groups is 1. The molecule has 19 heavy (non-hydrogen) atoms. The first-order chi connectivity index (χ1) is 9.15. The van der Waals surface area contributed by atoms with Gasteiger partial charge in [0.2, 0.25) is 5.95 Å². The summed E-state index contributed by atoms with van der Waals surface area (Å²) in [6.45, 7) is 1.78. The summed E-state index contributed by atoms with van der Waals surface area (Å²) in [4.78, 5) is 19.5. The van der Waals surface area contributed by atoms with Gasteiger partial charge in [-0.25, -0.2) is 4.68 Å². The molecule has 0 aliphatic heterocycles. The minimum absolute atomic E-state index is 0.194. The minimum atomic E-state index is -0.194. The van der Waals surface area contributed by atoms with E-state index in [-0.39, 0.29) is 5.91 Å². The zero-order valence-corrected chi connectivity index (χ0v) is 10.6. The number of benzene rings is 1. The van der Waals surface area contributed by atoms with Gasteiger partial charge in [0.05, 0.1) is 0 Å². The van der Waals surface area contributed by atoms with Crippen molar-refractivity contribution in [2.45, 2.75) is 6.92 Å². The highest BCUT2D eigenvalue weighted by Crippen LogP contribution is 2.18. The lowest BCUT2D eigenvalue weighted by Crippen LogP contribution is -2.15. The molecule has 3 rings (SSSR count). The quantitative estimate of drug-likeness (QED) is 0.733. The molecule has 0 atom stereocenters. The van der Waals surface area contributed by atoms with Crippen LogP contribution in [0.2, 0.25) is 0 Å². The number of aromatic amines is 1. The first kappa shape index (κ1) is 11.5. The van der Waals surface area contributed by atoms with Crippen LogP contribution in [0.1, 0.15) is 16.2 Å². The smallest absolute Gasteiger partial charge is 0.258 e. The van der Waals surface area contributed by atoms with Crippen LogP contribution in [0.3, 0.4) is 0 Å². The maximum Gasteiger partial charge on any atom is 0.258 e. The van der Waals surface area contributed by atoms with Gasteiger partial charge in [0.1, 0.15) is 5.82 Å². The van der Waals surface area contributed by atoms with E-state index in [0.717, 1.165) is 10.9 Å². The van der Waals surface area contributed by atoms with Crippen molar-refractivity contribution in [3.05, 3.63) is 41.9 Å². The van der Waals surface area contributed by atoms with Gasteiger partial charge in [-0.1, -0.05) is 6.07 Å². The van der Waals surface area contributed by atoms with E-state index in [4.69, 9.17) is 0 Å². The van der Waals surface area contributed by atoms with Crippen molar-refractivity contribution in [1.82, 2.24) is 19.7 Å². The lowest BCUT2D eigenvalue weighted by Gasteiger charge is -2.04. The molecule has 0 bridgehead atoms. The van der Waals surface area contributed by atoms with Crippen LogP contribution in [0.5, 0.6) is 0 Å². The molecule has 0 saturated heterocycles. The molecule has 0 saturated carbocycles. The Morgan fingerprint density at radius 1 is 1.37 bits per heavy atom. The van der Waals surface area contributed by atoms with Gasteiger partial charge in [-0.3, -0.25) is 10.1 Å². The van der Waals surface area contributed by atoms with Crippen LogP contribution in [0.25, 0.3) is 10.9 Å². The van der Waals surface area contributed by atoms with Gasteiger partial charge in [0.15, 0.2) is 0 Å². The Bertz CT molecular complexity index is 755. The van der Waals surface area contributed by atoms with Gasteiger partial charge in [-0.05, 0) is 25.1 Å². The number of fused-ring (bicyclic) bond motifs is 1. The molecule has 1 aromatic carbocycles. The highest BCUT2D eigenvalue weighted by molar-refractivity contribution is 6.12. The maximum absolute atomic E-state index is 12.3. The number of amides is 1. The summed E-state index contributed by atoms with van der Waals surface area (Å²) in [6.07, 6.45) is 1.81. The minimum Gasteiger partial charge on any atom is -0.361 e. The second-order valence-corrected chi connectivity index (χ2v) is 4.30. The average molecular weight is 255 g/mol. The summed E-state index contributed by atoms with van der Waals surface area (Å²) in [5.74, 6) is 0.869. The highest BCUT2D eigenvalue weighted by atomic mass is 16.1. The number of rotatable bonds is 2. The van der Waals surface area contributed by atoms with Crippen LogP contribution < -0.4 is 5.32 Å². The predicted octanol–water partition coefficient (Wildman–Crippen LogP) is 1.86. The monoisotopic (exact) mass is 255 g/mol. The molecule has 6 nitrogen and oxygen atoms in total. The van der Waals surface area contributed by atoms with E-state index in [1.165, 1.54) is 0 Å². The van der Waals surface area contributed by atoms with Gasteiger partial charge in [-0.2, -0.15) is 10.1 Å². The number of aromatic nitrogens is 4. The van der Waals surface area contributed by atoms with Crippen molar-refractivity contribution >= 4 is 22.8 Å². The molecule has 96 valence electrons. The van der Waals surface area contributed by atoms with Crippen LogP contribution in [-0.2, 0) is 7.05 Å². The largest absolute Gasteiger partial charge is 0.361 e. The number of nitrogens with zero attached hydrogens (tertiary/aromatic N) is 3. The van der Waals surface area contributed by atoms with E-state index in [1.807, 2.05) is 24.4 Å². The Morgan fingerprint density at radius 2 is 2.21 bits per heavy atom. The molecule has 1 amide bonds. The van der Waals surface area contributed by atoms with Crippen LogP contribution in [0.15, 0.2) is 30.5 Å². The second kappa shape index (κ2) is 4.24. The maximum atomic E-state index is 12.3. The number of aryl methyl sites for hydroxylation is 2. The lowest BCUT2D eigenvalue weighted by molar-refractivity contribution is 0.102. The summed E-state index contributed by atoms with van der Waals surface area (Å²) >= 11 is 0. The van der Waals surface area contributed by atoms with Crippen molar-refractivity contribution < 1.29 is 4.79 Å². The number of nitrogens with one attached hydrogen (secondary N) is 2. The van der Waals surface area contributed by atoms with E-state index < -0.39 is 0 Å². The standard InChI is InChI=1S/C13H13N5O/c1-8-15-13(18(2)17-8)16-12(19)10-4-3-5-11-9(10)6-7-14-11/h3-7,14H,1-2H3,(H,15,16,17,19). The molecule has 2 heterocycles. The summed E-state index contributed by atoms with van der Waals surface area (Å²) in [6, 6.07) is 7.44. The number of hydrogen-bond donors (Lipinski definition) is 2. The predicted molar refractivity (Wildman–Crippen MR) is 72.0 cm³/mol. The second-order valence-electron chi connectivity index (χ2n) is 4.30. The van der Waals surface area contributed by atoms with Gasteiger partial charge in [-0.15, -0.1) is 0 Å². The molecule has 0 aliphatic rings. The third-order valence-corrected chi connectivity index (χ3v) is 2.93. The van der Waals surface area contributed by atoms with E-state index in [0.29, 0.717) is 17.3 Å². The Morgan fingerprint density at radius 3 is 2.95 bits per heavy atom. The molecule has 6 heteroatoms. The van der Waals surface area contributed by atoms with Gasteiger partial charge in [0, 0.05) is 29.7 Å². The van der Waals surface area contributed by atoms with Crippen LogP contribution >= 0.6 is 0 Å². The SMILES string of the molecule is Cc1nc(NC(=O)c2cccc3[nH]ccc23)n(C)n1. The number of carbonyl (C=O) groups excluding carboxylic acids is 1. The normalized spacial score (nSPS) is 10.8. The molecule has 2 aromatic heterocycles. The molecule has 3 aromatic rings. The van der Waals surface area contributed by atoms with Gasteiger partial charge >= 0.3 is 0 Å². The Kier molecular flexibility index (Phi) is 2.56. The fraction of sp³-hybridized carbons (Fsp3) is 0.154. The van der Waals surface area contributed by atoms with Crippen LogP contribution in [-0.4, -0.2) is 25.7 Å². The van der Waals surface area contributed by atoms with E-state index in [1.54, 1.807) is 24.7 Å². The fourth-order valence-electron chi connectivity index (χ4n) is 2.07. The molecular formula is C13H13N5O. The van der Waals surface area contributed by atoms with Gasteiger partial charge < -0.3 is 4.98 Å². The summed E-state index contributed by atoms with van der Waals surface area (Å²) in [5, 5.41) is 7.75. The highest BCUT2D eigenvalue weighted by Gasteiger charge is 2.13. The average Bonchev–Trinajstić information content (AvgIpc) is 2.95. The number of H-pyrrole nitrogens is 1. The third kappa shape index (κ3) is 1.97. The van der Waals surface area contributed by atoms with Crippen molar-refractivity contribution in [2.75, 3.05) is 5.32 Å². The Hall–Kier alpha value is -2.63. The third-order valence-electron chi connectivity index (χ3n) is 2.93. The number of hydrogen-bond acceptors (Lipinski definition) is 3. The van der Waals surface area contributed by atoms with Crippen LogP contribution in [0.4, 0.5) is 5.95 Å². The van der Waals surface area contributed by atoms with Crippen LogP contribution in [0, 0.1) is 6.92 Å². The van der Waals surface area contributed by atoms with E-state index in [9.17, 15) is 4.79 Å². The van der Waals surface area contributed by atoms with Crippen molar-refractivity contribution in [3.8, 4) is 0 Å². The van der Waals surface area contributed by atoms with E-state index in [2.05, 4.69) is 20.4 Å². The first-order valence-corrected chi connectivity index (χ1v) is 5.90. The summed E-state index contributed by atoms with van der Waals surface area (Å²) in [7, 11) is 1.74. The molecule has 0 aliphatic carbocycles. The van der Waals surface area contributed by atoms with Crippen molar-refractivity contribution in [2.24, 2.45) is 7.05 Å². The molecule has 2 N–H and O–H groups in total. The molecule has 0 radical (unpaired) electrons. The lowest BCUT2D eigenvalue weighted by atomic mass is 10.1. The molecule has 0 spiro atoms. The Balaban J connectivity index is 1.96. The molecular weight excluding hydrogens is 242 g/mol. The Labute approximate surface area is 109 Å².